The van der Waals surface area contributed by atoms with Crippen molar-refractivity contribution < 1.29 is 46.6 Å². The first-order valence-corrected chi connectivity index (χ1v) is 32.0. The largest absolute Gasteiger partial charge is 0.493 e. The number of nitrogens with one attached hydrogen (secondary N) is 3. The summed E-state index contributed by atoms with van der Waals surface area (Å²) in [6.07, 6.45) is 14.1. The third kappa shape index (κ3) is 12.9. The summed E-state index contributed by atoms with van der Waals surface area (Å²) in [6.45, 7) is 11.0. The van der Waals surface area contributed by atoms with Crippen molar-refractivity contribution in [2.75, 3.05) is 63.5 Å². The number of anilines is 3. The zero-order valence-corrected chi connectivity index (χ0v) is 55.8. The molecule has 0 saturated carbocycles. The minimum Gasteiger partial charge on any atom is -0.493 e. The van der Waals surface area contributed by atoms with E-state index < -0.39 is 0 Å². The van der Waals surface area contributed by atoms with Gasteiger partial charge in [0, 0.05) is 162 Å². The van der Waals surface area contributed by atoms with Gasteiger partial charge in [0.05, 0.1) is 65.1 Å². The van der Waals surface area contributed by atoms with Crippen LogP contribution in [0.3, 0.4) is 0 Å². The van der Waals surface area contributed by atoms with E-state index >= 15 is 0 Å². The van der Waals surface area contributed by atoms with E-state index in [-0.39, 0.29) is 42.0 Å². The van der Waals surface area contributed by atoms with Crippen LogP contribution in [0.15, 0.2) is 104 Å². The molecule has 0 fully saturated rings. The van der Waals surface area contributed by atoms with E-state index in [1.807, 2.05) is 96.5 Å². The lowest BCUT2D eigenvalue weighted by atomic mass is 9.95. The maximum atomic E-state index is 14.6. The number of nitrogens with zero attached hydrogens (tertiary/aromatic N) is 15. The Balaban J connectivity index is 0.000000131. The Morgan fingerprint density at radius 3 is 1.37 bits per heavy atom. The lowest BCUT2D eigenvalue weighted by Crippen LogP contribution is -2.34. The van der Waals surface area contributed by atoms with Crippen molar-refractivity contribution in [1.82, 2.24) is 72.5 Å². The predicted molar refractivity (Wildman–Crippen MR) is 360 cm³/mol. The molecular formula is C71H69F3N18O7. The van der Waals surface area contributed by atoms with Crippen LogP contribution in [-0.2, 0) is 69.0 Å². The van der Waals surface area contributed by atoms with Crippen molar-refractivity contribution in [3.63, 3.8) is 0 Å². The molecule has 0 radical (unpaired) electrons. The van der Waals surface area contributed by atoms with Gasteiger partial charge in [0.25, 0.3) is 11.8 Å². The normalized spacial score (nSPS) is 13.2. The molecule has 0 saturated heterocycles. The van der Waals surface area contributed by atoms with Crippen LogP contribution < -0.4 is 30.2 Å². The smallest absolute Gasteiger partial charge is 0.373 e. The number of likely N-dealkylation sites (N-methyl/N-ethyl adjacent to an activating group) is 1. The van der Waals surface area contributed by atoms with E-state index in [9.17, 15) is 22.8 Å². The highest BCUT2D eigenvalue weighted by Gasteiger charge is 2.27. The Bertz CT molecular complexity index is 5200. The van der Waals surface area contributed by atoms with E-state index in [4.69, 9.17) is 28.8 Å². The van der Waals surface area contributed by atoms with Crippen molar-refractivity contribution in [3.05, 3.63) is 194 Å². The lowest BCUT2D eigenvalue weighted by Gasteiger charge is -2.25. The van der Waals surface area contributed by atoms with E-state index in [0.717, 1.165) is 126 Å². The third-order valence-corrected chi connectivity index (χ3v) is 17.7. The van der Waals surface area contributed by atoms with Crippen LogP contribution in [0.2, 0.25) is 0 Å². The Hall–Kier alpha value is -11.9. The number of ether oxygens (including phenoxy) is 3. The molecule has 4 aromatic carbocycles. The summed E-state index contributed by atoms with van der Waals surface area (Å²) in [5.41, 5.74) is 17.5. The summed E-state index contributed by atoms with van der Waals surface area (Å²) >= 11 is 0. The fourth-order valence-corrected chi connectivity index (χ4v) is 13.0. The number of aromatic nitrogens is 13. The SMILES string of the molecule is Cc1cn2c(NCc3c(F)ccc4c3CCO4)ncc(-c3cc(C(=O)N(C)C)nn3C)c2n1.Cc1cn2c(NCc3c(F)ccc4c3CCO4)ncc(-c3cc(C)nn3C)c2n1.Cc1cn2c(NCc3c(F)ccc4c3CCO4)ncc(-c3ccc4c(c3)CCN(C)C4=O)c2n1.O=C=O. The number of fused-ring (bicyclic) bond motifs is 7. The molecule has 0 bridgehead atoms. The quantitative estimate of drug-likeness (QED) is 0.0969. The number of rotatable bonds is 13. The number of amides is 2. The highest BCUT2D eigenvalue weighted by Crippen LogP contribution is 2.36. The zero-order valence-electron chi connectivity index (χ0n) is 55.8. The molecule has 506 valence electrons. The van der Waals surface area contributed by atoms with Gasteiger partial charge in [-0.2, -0.15) is 19.8 Å². The monoisotopic (exact) mass is 1340 g/mol. The maximum Gasteiger partial charge on any atom is 0.373 e. The predicted octanol–water partition coefficient (Wildman–Crippen LogP) is 9.69. The van der Waals surface area contributed by atoms with Crippen LogP contribution in [-0.4, -0.2) is 138 Å². The molecule has 12 aromatic rings. The number of carbonyl (C=O) groups excluding carboxylic acids is 4. The molecule has 16 rings (SSSR count). The minimum absolute atomic E-state index is 0.0531. The summed E-state index contributed by atoms with van der Waals surface area (Å²) in [5.74, 6) is 3.11. The number of imidazole rings is 3. The second-order valence-corrected chi connectivity index (χ2v) is 24.5. The first kappa shape index (κ1) is 65.7. The molecule has 12 heterocycles. The fraction of sp³-hybridized carbons (Fsp3) is 0.282. The number of hydrogen-bond acceptors (Lipinski definition) is 18. The van der Waals surface area contributed by atoms with Crippen LogP contribution in [0.5, 0.6) is 17.2 Å². The van der Waals surface area contributed by atoms with Gasteiger partial charge in [-0.05, 0) is 99.8 Å². The highest BCUT2D eigenvalue weighted by molar-refractivity contribution is 5.97. The second-order valence-electron chi connectivity index (χ2n) is 24.5. The van der Waals surface area contributed by atoms with Gasteiger partial charge in [-0.3, -0.25) is 32.2 Å². The van der Waals surface area contributed by atoms with Crippen LogP contribution in [0.4, 0.5) is 31.0 Å². The second kappa shape index (κ2) is 27.3. The van der Waals surface area contributed by atoms with Crippen molar-refractivity contribution in [3.8, 4) is 50.9 Å². The van der Waals surface area contributed by atoms with Gasteiger partial charge in [-0.15, -0.1) is 0 Å². The lowest BCUT2D eigenvalue weighted by molar-refractivity contribution is -0.191. The number of aryl methyl sites for hydroxylation is 6. The standard InChI is InChI=1S/C26H24FN5O2.C23H24FN7O2.C21H21FN6O.CO2/c1-15-14-32-24(30-15)20(16-3-4-18-17(11-16)7-9-31(2)25(18)33)12-28-26(32)29-13-21-19-8-10-34-23(19)6-5-22(21)27;1-13-12-31-21(27-13)16(19-9-18(28-30(19)4)22(32)29(2)3)11-26-23(31)25-10-15-14-7-8-33-20(14)6-5-17(15)24;1-12-8-18(27(3)26-12)16-10-24-21(28-11-13(2)25-20(16)28)23-9-15-14-6-7-29-19(14)5-4-17(15)22;2-1-3/h3-6,11-12,14H,7-10,13H2,1-2H3,(H,28,29);5-6,9,11-12H,7-8,10H2,1-4H3,(H,25,26);4-5,8,10-11H,6-7,9H2,1-3H3,(H,23,24);. The molecule has 8 aromatic heterocycles. The number of carbonyl (C=O) groups is 2. The average molecular weight is 1340 g/mol. The van der Waals surface area contributed by atoms with Crippen molar-refractivity contribution in [2.24, 2.45) is 14.1 Å². The molecule has 4 aliphatic rings. The third-order valence-electron chi connectivity index (χ3n) is 17.7. The van der Waals surface area contributed by atoms with E-state index in [2.05, 4.69) is 57.1 Å². The number of benzene rings is 4. The van der Waals surface area contributed by atoms with Gasteiger partial charge in [0.15, 0.2) is 17.0 Å². The van der Waals surface area contributed by atoms with Crippen LogP contribution in [0.1, 0.15) is 82.6 Å². The molecule has 0 unspecified atom stereocenters. The first-order chi connectivity index (χ1) is 47.7. The van der Waals surface area contributed by atoms with Crippen molar-refractivity contribution in [1.29, 1.82) is 0 Å². The van der Waals surface area contributed by atoms with E-state index in [1.54, 1.807) is 73.6 Å². The number of halogens is 3. The Morgan fingerprint density at radius 2 is 0.949 bits per heavy atom. The maximum absolute atomic E-state index is 14.6. The van der Waals surface area contributed by atoms with Crippen LogP contribution in [0.25, 0.3) is 50.6 Å². The van der Waals surface area contributed by atoms with Crippen LogP contribution >= 0.6 is 0 Å². The Kier molecular flexibility index (Phi) is 18.1. The summed E-state index contributed by atoms with van der Waals surface area (Å²) in [6, 6.07) is 19.1. The Morgan fingerprint density at radius 1 is 0.535 bits per heavy atom. The van der Waals surface area contributed by atoms with E-state index in [1.165, 1.54) is 23.1 Å². The van der Waals surface area contributed by atoms with E-state index in [0.29, 0.717) is 98.2 Å². The van der Waals surface area contributed by atoms with Gasteiger partial charge in [-0.25, -0.2) is 43.1 Å². The molecule has 0 spiro atoms. The van der Waals surface area contributed by atoms with Crippen LogP contribution in [0, 0.1) is 45.1 Å². The van der Waals surface area contributed by atoms with Gasteiger partial charge < -0.3 is 40.0 Å². The summed E-state index contributed by atoms with van der Waals surface area (Å²) < 4.78 is 69.4. The molecule has 0 aliphatic carbocycles. The molecule has 28 heteroatoms. The summed E-state index contributed by atoms with van der Waals surface area (Å²) in [4.78, 5) is 72.2. The topological polar surface area (TPSA) is 265 Å². The summed E-state index contributed by atoms with van der Waals surface area (Å²) in [7, 11) is 8.88. The van der Waals surface area contributed by atoms with Gasteiger partial charge in [0.2, 0.25) is 17.8 Å². The molecule has 99 heavy (non-hydrogen) atoms. The van der Waals surface area contributed by atoms with Crippen molar-refractivity contribution >= 4 is 52.8 Å². The molecule has 4 aliphatic heterocycles. The zero-order chi connectivity index (χ0) is 69.5. The minimum atomic E-state index is -0.269. The molecule has 3 N–H and O–H groups in total. The molecule has 2 amide bonds. The Labute approximate surface area is 565 Å². The molecule has 25 nitrogen and oxygen atoms in total. The fourth-order valence-electron chi connectivity index (χ4n) is 13.0. The van der Waals surface area contributed by atoms with Gasteiger partial charge in [0.1, 0.15) is 40.3 Å². The average Bonchev–Trinajstić information content (AvgIpc) is 1.68. The van der Waals surface area contributed by atoms with Gasteiger partial charge in [-0.1, -0.05) is 12.1 Å². The molecule has 0 atom stereocenters. The summed E-state index contributed by atoms with van der Waals surface area (Å²) in [5, 5.41) is 18.6. The van der Waals surface area contributed by atoms with Gasteiger partial charge >= 0.3 is 6.15 Å². The molecular weight excluding hydrogens is 1270 g/mol. The first-order valence-electron chi connectivity index (χ1n) is 32.0. The van der Waals surface area contributed by atoms with Crippen molar-refractivity contribution in [2.45, 2.75) is 73.0 Å². The highest BCUT2D eigenvalue weighted by atomic mass is 19.1. The number of hydrogen-bond donors (Lipinski definition) is 3.